The van der Waals surface area contributed by atoms with Crippen molar-refractivity contribution in [2.45, 2.75) is 26.4 Å². The molecule has 0 aromatic heterocycles. The summed E-state index contributed by atoms with van der Waals surface area (Å²) in [5, 5.41) is 0. The van der Waals surface area contributed by atoms with E-state index in [2.05, 4.69) is 13.6 Å². The van der Waals surface area contributed by atoms with Crippen LogP contribution < -0.4 is 0 Å². The van der Waals surface area contributed by atoms with Gasteiger partial charge in [-0.3, -0.25) is 4.52 Å². The van der Waals surface area contributed by atoms with Gasteiger partial charge in [-0.2, -0.15) is 4.20 Å². The lowest BCUT2D eigenvalue weighted by molar-refractivity contribution is 0.137. The summed E-state index contributed by atoms with van der Waals surface area (Å²) in [6.07, 6.45) is 0. The van der Waals surface area contributed by atoms with Crippen LogP contribution in [0, 0.1) is 0 Å². The van der Waals surface area contributed by atoms with Gasteiger partial charge in [0, 0.05) is 0 Å². The Balaban J connectivity index is 3.32. The Morgan fingerprint density at radius 2 is 1.25 bits per heavy atom. The van der Waals surface area contributed by atoms with Crippen LogP contribution >= 0.6 is 23.4 Å². The minimum atomic E-state index is -5.66. The van der Waals surface area contributed by atoms with Crippen molar-refractivity contribution in [1.29, 1.82) is 0 Å². The number of hydrogen-bond donors (Lipinski definition) is 0. The molecule has 1 aliphatic rings. The van der Waals surface area contributed by atoms with E-state index in [1.165, 1.54) is 20.8 Å². The Kier molecular flexibility index (Phi) is 3.51. The Hall–Kier alpha value is 0.300. The van der Waals surface area contributed by atoms with Crippen LogP contribution in [0.15, 0.2) is 13.5 Å². The summed E-state index contributed by atoms with van der Waals surface area (Å²) in [4.78, 5) is 0. The number of rotatable bonds is 1. The Bertz CT molecular complexity index is 449. The third-order valence-corrected chi connectivity index (χ3v) is 7.03. The third kappa shape index (κ3) is 4.28. The maximum absolute atomic E-state index is 13.7. The fraction of sp³-hybridized carbons (Fsp3) is 1.00. The van der Waals surface area contributed by atoms with E-state index in [-0.39, 0.29) is 0 Å². The average Bonchev–Trinajstić information content (AvgIpc) is 1.66. The summed E-state index contributed by atoms with van der Waals surface area (Å²) >= 11 is 0. The summed E-state index contributed by atoms with van der Waals surface area (Å²) in [6, 6.07) is 0. The van der Waals surface area contributed by atoms with Gasteiger partial charge in [-0.15, -0.1) is 30.3 Å². The molecule has 0 fully saturated rings. The molecule has 0 aromatic carbocycles. The second-order valence-electron chi connectivity index (χ2n) is 3.86. The lowest BCUT2D eigenvalue weighted by Gasteiger charge is -2.24. The Morgan fingerprint density at radius 3 is 1.62 bits per heavy atom. The van der Waals surface area contributed by atoms with Crippen LogP contribution in [0.25, 0.3) is 0 Å². The van der Waals surface area contributed by atoms with Crippen molar-refractivity contribution < 1.29 is 25.5 Å². The quantitative estimate of drug-likeness (QED) is 0.402. The molecule has 0 spiro atoms. The molecule has 1 heterocycles. The van der Waals surface area contributed by atoms with Crippen molar-refractivity contribution in [3.63, 3.8) is 0 Å². The van der Waals surface area contributed by atoms with Crippen molar-refractivity contribution >= 4 is 23.4 Å². The second kappa shape index (κ2) is 3.91. The summed E-state index contributed by atoms with van der Waals surface area (Å²) in [5.74, 6) is 0. The van der Waals surface area contributed by atoms with Crippen LogP contribution in [0.1, 0.15) is 20.8 Å². The molecule has 1 atom stereocenters. The topological polar surface area (TPSA) is 46.3 Å². The van der Waals surface area contributed by atoms with Gasteiger partial charge in [0.2, 0.25) is 0 Å². The molecule has 1 aliphatic heterocycles. The summed E-state index contributed by atoms with van der Waals surface area (Å²) in [6.45, 7) is 3.99. The van der Waals surface area contributed by atoms with Gasteiger partial charge in [-0.25, -0.2) is 0 Å². The molecule has 0 saturated heterocycles. The van der Waals surface area contributed by atoms with Gasteiger partial charge in [0.05, 0.1) is 5.60 Å². The number of hydrogen-bond acceptors (Lipinski definition) is 4. The first-order chi connectivity index (χ1) is 6.83. The third-order valence-electron chi connectivity index (χ3n) is 1.04. The zero-order valence-corrected chi connectivity index (χ0v) is 11.2. The van der Waals surface area contributed by atoms with Gasteiger partial charge in [-0.05, 0) is 20.8 Å². The van der Waals surface area contributed by atoms with E-state index in [1.807, 2.05) is 4.52 Å². The monoisotopic (exact) mass is 303 g/mol. The zero-order chi connectivity index (χ0) is 12.8. The highest BCUT2D eigenvalue weighted by Gasteiger charge is 2.41. The molecular formula is C4H9F5N3OP3. The van der Waals surface area contributed by atoms with Crippen molar-refractivity contribution in [3.05, 3.63) is 0 Å². The van der Waals surface area contributed by atoms with E-state index in [0.29, 0.717) is 0 Å². The average molecular weight is 303 g/mol. The molecule has 0 saturated carbocycles. The van der Waals surface area contributed by atoms with E-state index in [4.69, 9.17) is 0 Å². The standard InChI is InChI=1S/C4H9F5N3OP3/c1-4(2,3)13-16(9)11-14(5,6)10-15(7,8)12-16/h1-3H3. The first-order valence-electron chi connectivity index (χ1n) is 3.93. The Labute approximate surface area is 89.6 Å². The van der Waals surface area contributed by atoms with E-state index in [9.17, 15) is 21.0 Å². The summed E-state index contributed by atoms with van der Waals surface area (Å²) < 4.78 is 75.7. The molecule has 1 rings (SSSR count). The van der Waals surface area contributed by atoms with Crippen LogP contribution in [0.3, 0.4) is 0 Å². The molecule has 12 heteroatoms. The van der Waals surface area contributed by atoms with Gasteiger partial charge in [0.25, 0.3) is 0 Å². The van der Waals surface area contributed by atoms with E-state index >= 15 is 0 Å². The van der Waals surface area contributed by atoms with Gasteiger partial charge >= 0.3 is 23.4 Å². The van der Waals surface area contributed by atoms with E-state index < -0.39 is 29.0 Å². The fourth-order valence-electron chi connectivity index (χ4n) is 0.834. The summed E-state index contributed by atoms with van der Waals surface area (Å²) in [5.41, 5.74) is -1.23. The van der Waals surface area contributed by atoms with Crippen molar-refractivity contribution in [2.75, 3.05) is 0 Å². The normalized spacial score (nSPS) is 32.2. The highest BCUT2D eigenvalue weighted by atomic mass is 31.3. The molecule has 0 bridgehead atoms. The smallest absolute Gasteiger partial charge is 0.297 e. The molecule has 0 radical (unpaired) electrons. The molecule has 96 valence electrons. The molecule has 1 unspecified atom stereocenters. The largest absolute Gasteiger partial charge is 0.425 e. The molecule has 0 aliphatic carbocycles. The lowest BCUT2D eigenvalue weighted by atomic mass is 10.2. The fourth-order valence-corrected chi connectivity index (χ4v) is 6.38. The second-order valence-corrected chi connectivity index (χ2v) is 8.95. The molecule has 16 heavy (non-hydrogen) atoms. The van der Waals surface area contributed by atoms with Crippen molar-refractivity contribution in [1.82, 2.24) is 0 Å². The van der Waals surface area contributed by atoms with Gasteiger partial charge in [-0.1, -0.05) is 0 Å². The molecule has 0 aromatic rings. The molecule has 0 amide bonds. The number of halogens is 5. The highest BCUT2D eigenvalue weighted by Crippen LogP contribution is 2.82. The maximum Gasteiger partial charge on any atom is 0.425 e. The predicted molar refractivity (Wildman–Crippen MR) is 54.4 cm³/mol. The maximum atomic E-state index is 13.7. The van der Waals surface area contributed by atoms with E-state index in [0.717, 1.165) is 0 Å². The van der Waals surface area contributed by atoms with Crippen LogP contribution in [0.5, 0.6) is 0 Å². The van der Waals surface area contributed by atoms with Gasteiger partial charge in [0.15, 0.2) is 0 Å². The Morgan fingerprint density at radius 1 is 0.812 bits per heavy atom. The van der Waals surface area contributed by atoms with Crippen LogP contribution in [-0.2, 0) is 4.52 Å². The van der Waals surface area contributed by atoms with Crippen LogP contribution in [0.2, 0.25) is 0 Å². The minimum Gasteiger partial charge on any atom is -0.297 e. The first-order valence-corrected chi connectivity index (χ1v) is 8.39. The van der Waals surface area contributed by atoms with Crippen LogP contribution in [0.4, 0.5) is 21.0 Å². The van der Waals surface area contributed by atoms with Crippen molar-refractivity contribution in [2.24, 2.45) is 13.5 Å². The SMILES string of the molecule is CC(C)(C)OP1(F)=NP(F)(F)=NP(F)(F)=N1. The van der Waals surface area contributed by atoms with Gasteiger partial charge < -0.3 is 0 Å². The molecular weight excluding hydrogens is 294 g/mol. The molecule has 0 N–H and O–H groups in total. The lowest BCUT2D eigenvalue weighted by Crippen LogP contribution is -2.15. The highest BCUT2D eigenvalue weighted by molar-refractivity contribution is 7.77. The van der Waals surface area contributed by atoms with E-state index in [1.54, 1.807) is 0 Å². The van der Waals surface area contributed by atoms with Crippen LogP contribution in [-0.4, -0.2) is 5.60 Å². The first kappa shape index (κ1) is 14.4. The summed E-state index contributed by atoms with van der Waals surface area (Å²) in [7, 11) is -16.3. The zero-order valence-electron chi connectivity index (χ0n) is 8.48. The van der Waals surface area contributed by atoms with Gasteiger partial charge in [0.1, 0.15) is 0 Å². The predicted octanol–water partition coefficient (Wildman–Crippen LogP) is 6.50. The molecule has 4 nitrogen and oxygen atoms in total. The minimum absolute atomic E-state index is 1.23. The number of nitrogens with zero attached hydrogens (tertiary/aromatic N) is 3. The van der Waals surface area contributed by atoms with Crippen molar-refractivity contribution in [3.8, 4) is 0 Å².